The molecule has 8 heteroatoms. The Morgan fingerprint density at radius 1 is 1.36 bits per heavy atom. The monoisotopic (exact) mass is 389 g/mol. The zero-order chi connectivity index (χ0) is 20.0. The van der Waals surface area contributed by atoms with E-state index in [9.17, 15) is 14.0 Å². The smallest absolute Gasteiger partial charge is 0.449 e. The number of hydrogen-bond acceptors (Lipinski definition) is 5. The summed E-state index contributed by atoms with van der Waals surface area (Å²) < 4.78 is 21.5. The van der Waals surface area contributed by atoms with Crippen molar-refractivity contribution < 1.29 is 19.0 Å². The molecule has 28 heavy (non-hydrogen) atoms. The van der Waals surface area contributed by atoms with Gasteiger partial charge in [-0.15, -0.1) is 0 Å². The Labute approximate surface area is 161 Å². The summed E-state index contributed by atoms with van der Waals surface area (Å²) in [6.45, 7) is 6.40. The Kier molecular flexibility index (Phi) is 4.74. The molecule has 1 aromatic heterocycles. The van der Waals surface area contributed by atoms with Crippen LogP contribution in [0.4, 0.5) is 14.9 Å². The molecule has 0 bridgehead atoms. The Balaban J connectivity index is 1.82. The summed E-state index contributed by atoms with van der Waals surface area (Å²) in [5, 5.41) is 12.5. The van der Waals surface area contributed by atoms with E-state index in [1.54, 1.807) is 6.07 Å². The molecule has 1 saturated heterocycles. The van der Waals surface area contributed by atoms with Crippen molar-refractivity contribution in [3.05, 3.63) is 34.4 Å². The quantitative estimate of drug-likeness (QED) is 0.783. The van der Waals surface area contributed by atoms with E-state index in [4.69, 9.17) is 5.11 Å². The Bertz CT molecular complexity index is 984. The molecule has 2 heterocycles. The minimum atomic E-state index is -1.56. The second-order valence-electron chi connectivity index (χ2n) is 7.90. The van der Waals surface area contributed by atoms with Crippen LogP contribution in [-0.2, 0) is 0 Å². The van der Waals surface area contributed by atoms with Crippen LogP contribution >= 0.6 is 0 Å². The van der Waals surface area contributed by atoms with E-state index < -0.39 is 17.4 Å². The zero-order valence-electron chi connectivity index (χ0n) is 15.9. The first kappa shape index (κ1) is 18.7. The van der Waals surface area contributed by atoms with Crippen molar-refractivity contribution in [1.82, 2.24) is 9.88 Å². The summed E-state index contributed by atoms with van der Waals surface area (Å²) in [5.41, 5.74) is 0.474. The summed E-state index contributed by atoms with van der Waals surface area (Å²) in [6, 6.07) is 3.37. The number of hydrogen-bond donors (Lipinski definition) is 2. The van der Waals surface area contributed by atoms with Crippen LogP contribution in [0.3, 0.4) is 0 Å². The first-order valence-electron chi connectivity index (χ1n) is 9.62. The van der Waals surface area contributed by atoms with Gasteiger partial charge in [0, 0.05) is 31.7 Å². The Morgan fingerprint density at radius 3 is 2.75 bits per heavy atom. The first-order valence-corrected chi connectivity index (χ1v) is 9.62. The molecule has 4 rings (SSSR count). The molecule has 0 spiro atoms. The van der Waals surface area contributed by atoms with Gasteiger partial charge in [-0.3, -0.25) is 4.79 Å². The number of carboxylic acid groups (broad SMARTS) is 1. The molecule has 0 amide bonds. The van der Waals surface area contributed by atoms with Crippen LogP contribution in [0.5, 0.6) is 5.75 Å². The van der Waals surface area contributed by atoms with Crippen molar-refractivity contribution >= 4 is 22.7 Å². The number of carbonyl (C=O) groups is 1. The van der Waals surface area contributed by atoms with E-state index >= 15 is 0 Å². The van der Waals surface area contributed by atoms with Crippen LogP contribution in [0.2, 0.25) is 0 Å². The van der Waals surface area contributed by atoms with Crippen LogP contribution in [0.15, 0.2) is 23.1 Å². The maximum atomic E-state index is 15.0. The van der Waals surface area contributed by atoms with Crippen molar-refractivity contribution in [2.75, 3.05) is 24.5 Å². The first-order chi connectivity index (χ1) is 13.3. The second-order valence-corrected chi connectivity index (χ2v) is 7.90. The lowest BCUT2D eigenvalue weighted by Gasteiger charge is -2.37. The second kappa shape index (κ2) is 7.09. The largest absolute Gasteiger partial charge is 0.511 e. The number of piperazine rings is 1. The highest BCUT2D eigenvalue weighted by atomic mass is 19.1. The third-order valence-corrected chi connectivity index (χ3v) is 5.56. The van der Waals surface area contributed by atoms with Gasteiger partial charge in [0.2, 0.25) is 5.43 Å². The van der Waals surface area contributed by atoms with Gasteiger partial charge in [0.15, 0.2) is 5.75 Å². The molecular weight excluding hydrogens is 365 g/mol. The number of nitrogens with zero attached hydrogens (tertiary/aromatic N) is 2. The molecule has 1 aromatic carbocycles. The lowest BCUT2D eigenvalue weighted by molar-refractivity contribution is 0.143. The van der Waals surface area contributed by atoms with E-state index in [-0.39, 0.29) is 23.2 Å². The maximum absolute atomic E-state index is 15.0. The van der Waals surface area contributed by atoms with Crippen molar-refractivity contribution in [1.29, 1.82) is 0 Å². The molecule has 2 aromatic rings. The van der Waals surface area contributed by atoms with E-state index in [2.05, 4.69) is 23.9 Å². The van der Waals surface area contributed by atoms with E-state index in [1.807, 2.05) is 9.47 Å². The van der Waals surface area contributed by atoms with Crippen molar-refractivity contribution in [2.45, 2.75) is 38.8 Å². The molecule has 1 atom stereocenters. The molecule has 2 aliphatic rings. The minimum absolute atomic E-state index is 0.141. The number of aromatic nitrogens is 1. The van der Waals surface area contributed by atoms with Crippen LogP contribution in [-0.4, -0.2) is 41.5 Å². The molecule has 1 aliphatic heterocycles. The zero-order valence-corrected chi connectivity index (χ0v) is 15.9. The molecule has 2 N–H and O–H groups in total. The predicted octanol–water partition coefficient (Wildman–Crippen LogP) is 2.97. The fourth-order valence-corrected chi connectivity index (χ4v) is 3.84. The van der Waals surface area contributed by atoms with Gasteiger partial charge in [-0.1, -0.05) is 13.8 Å². The van der Waals surface area contributed by atoms with Gasteiger partial charge < -0.3 is 24.6 Å². The molecule has 1 unspecified atom stereocenters. The third-order valence-electron chi connectivity index (χ3n) is 5.56. The third kappa shape index (κ3) is 3.44. The van der Waals surface area contributed by atoms with Crippen molar-refractivity contribution in [2.24, 2.45) is 5.92 Å². The standard InChI is InChI=1S/C20H24FN3O4/c1-11(2)15-9-23(6-5-22-15)17-8-16-13(7-14(17)21)19(25)18(28-20(26)27)10-24(16)12-3-4-12/h7-8,10-12,15,22H,3-6,9H2,1-2H3,(H,26,27). The maximum Gasteiger partial charge on any atom is 0.511 e. The van der Waals surface area contributed by atoms with Crippen LogP contribution in [0.25, 0.3) is 10.9 Å². The number of pyridine rings is 1. The van der Waals surface area contributed by atoms with Crippen molar-refractivity contribution in [3.8, 4) is 5.75 Å². The predicted molar refractivity (Wildman–Crippen MR) is 104 cm³/mol. The molecule has 7 nitrogen and oxygen atoms in total. The number of benzene rings is 1. The molecular formula is C20H24FN3O4. The molecule has 0 radical (unpaired) electrons. The fraction of sp³-hybridized carbons (Fsp3) is 0.500. The number of anilines is 1. The summed E-state index contributed by atoms with van der Waals surface area (Å²) in [4.78, 5) is 25.6. The SMILES string of the molecule is CC(C)C1CN(c2cc3c(cc2F)c(=O)c(OC(=O)O)cn3C2CC2)CCN1. The van der Waals surface area contributed by atoms with Gasteiger partial charge in [0.05, 0.1) is 22.8 Å². The molecule has 1 aliphatic carbocycles. The van der Waals surface area contributed by atoms with Crippen LogP contribution in [0, 0.1) is 11.7 Å². The summed E-state index contributed by atoms with van der Waals surface area (Å²) in [6.07, 6.45) is 1.74. The molecule has 150 valence electrons. The number of ether oxygens (including phenoxy) is 1. The molecule has 1 saturated carbocycles. The van der Waals surface area contributed by atoms with E-state index in [0.29, 0.717) is 30.2 Å². The highest BCUT2D eigenvalue weighted by molar-refractivity contribution is 5.85. The average molecular weight is 389 g/mol. The fourth-order valence-electron chi connectivity index (χ4n) is 3.84. The average Bonchev–Trinajstić information content (AvgIpc) is 3.48. The van der Waals surface area contributed by atoms with Gasteiger partial charge in [-0.05, 0) is 30.9 Å². The van der Waals surface area contributed by atoms with Gasteiger partial charge in [-0.25, -0.2) is 9.18 Å². The Hall–Kier alpha value is -2.61. The summed E-state index contributed by atoms with van der Waals surface area (Å²) >= 11 is 0. The summed E-state index contributed by atoms with van der Waals surface area (Å²) in [5.74, 6) is -0.350. The highest BCUT2D eigenvalue weighted by Gasteiger charge is 2.29. The number of nitrogens with one attached hydrogen (secondary N) is 1. The lowest BCUT2D eigenvalue weighted by atomic mass is 10.0. The van der Waals surface area contributed by atoms with E-state index in [1.165, 1.54) is 12.3 Å². The lowest BCUT2D eigenvalue weighted by Crippen LogP contribution is -2.53. The number of halogens is 1. The molecule has 2 fully saturated rings. The normalized spacial score (nSPS) is 20.0. The minimum Gasteiger partial charge on any atom is -0.449 e. The van der Waals surface area contributed by atoms with Gasteiger partial charge in [0.25, 0.3) is 0 Å². The Morgan fingerprint density at radius 2 is 2.11 bits per heavy atom. The van der Waals surface area contributed by atoms with E-state index in [0.717, 1.165) is 19.4 Å². The van der Waals surface area contributed by atoms with Gasteiger partial charge in [0.1, 0.15) is 5.82 Å². The number of fused-ring (bicyclic) bond motifs is 1. The highest BCUT2D eigenvalue weighted by Crippen LogP contribution is 2.39. The van der Waals surface area contributed by atoms with Gasteiger partial charge in [-0.2, -0.15) is 0 Å². The van der Waals surface area contributed by atoms with Crippen LogP contribution < -0.4 is 20.4 Å². The van der Waals surface area contributed by atoms with Gasteiger partial charge >= 0.3 is 6.16 Å². The van der Waals surface area contributed by atoms with Crippen molar-refractivity contribution in [3.63, 3.8) is 0 Å². The van der Waals surface area contributed by atoms with Crippen LogP contribution in [0.1, 0.15) is 32.7 Å². The number of rotatable bonds is 4. The topological polar surface area (TPSA) is 83.8 Å². The summed E-state index contributed by atoms with van der Waals surface area (Å²) in [7, 11) is 0.